The topological polar surface area (TPSA) is 75.4 Å². The lowest BCUT2D eigenvalue weighted by atomic mass is 9.85. The highest BCUT2D eigenvalue weighted by Crippen LogP contribution is 2.37. The predicted octanol–water partition coefficient (Wildman–Crippen LogP) is 1.36. The third kappa shape index (κ3) is 2.96. The van der Waals surface area contributed by atoms with Crippen molar-refractivity contribution in [1.82, 2.24) is 5.32 Å². The molecule has 0 heterocycles. The first-order valence-corrected chi connectivity index (χ1v) is 6.89. The third-order valence-electron chi connectivity index (χ3n) is 4.12. The minimum atomic E-state index is -0.428. The van der Waals surface area contributed by atoms with Crippen molar-refractivity contribution in [3.05, 3.63) is 35.9 Å². The molecule has 1 aliphatic rings. The van der Waals surface area contributed by atoms with E-state index in [2.05, 4.69) is 5.32 Å². The summed E-state index contributed by atoms with van der Waals surface area (Å²) in [6, 6.07) is 9.18. The van der Waals surface area contributed by atoms with Gasteiger partial charge in [-0.2, -0.15) is 0 Å². The molecule has 19 heavy (non-hydrogen) atoms. The Morgan fingerprint density at radius 2 is 1.95 bits per heavy atom. The van der Waals surface area contributed by atoms with Gasteiger partial charge in [-0.3, -0.25) is 4.79 Å². The quantitative estimate of drug-likeness (QED) is 0.750. The summed E-state index contributed by atoms with van der Waals surface area (Å²) in [5.74, 6) is -0.0181. The molecule has 2 rings (SSSR count). The summed E-state index contributed by atoms with van der Waals surface area (Å²) in [5, 5.41) is 12.4. The summed E-state index contributed by atoms with van der Waals surface area (Å²) in [5.41, 5.74) is 6.29. The normalized spacial score (nSPS) is 19.1. The number of amides is 1. The van der Waals surface area contributed by atoms with Gasteiger partial charge in [0.15, 0.2) is 0 Å². The van der Waals surface area contributed by atoms with Crippen LogP contribution in [0.2, 0.25) is 0 Å². The van der Waals surface area contributed by atoms with E-state index in [0.29, 0.717) is 6.54 Å². The van der Waals surface area contributed by atoms with Crippen molar-refractivity contribution in [1.29, 1.82) is 0 Å². The van der Waals surface area contributed by atoms with Crippen LogP contribution in [0, 0.1) is 5.41 Å². The van der Waals surface area contributed by atoms with Crippen molar-refractivity contribution < 1.29 is 9.90 Å². The highest BCUT2D eigenvalue weighted by atomic mass is 16.3. The van der Waals surface area contributed by atoms with E-state index in [-0.39, 0.29) is 18.6 Å². The molecular weight excluding hydrogens is 240 g/mol. The van der Waals surface area contributed by atoms with E-state index in [4.69, 9.17) is 5.73 Å². The Labute approximate surface area is 114 Å². The maximum absolute atomic E-state index is 12.4. The Kier molecular flexibility index (Phi) is 4.56. The van der Waals surface area contributed by atoms with Crippen molar-refractivity contribution in [2.24, 2.45) is 11.1 Å². The van der Waals surface area contributed by atoms with Gasteiger partial charge < -0.3 is 16.2 Å². The minimum Gasteiger partial charge on any atom is -0.394 e. The summed E-state index contributed by atoms with van der Waals surface area (Å²) in [6.07, 6.45) is 3.81. The number of aliphatic hydroxyl groups is 1. The first-order chi connectivity index (χ1) is 9.22. The monoisotopic (exact) mass is 262 g/mol. The van der Waals surface area contributed by atoms with E-state index in [9.17, 15) is 9.90 Å². The van der Waals surface area contributed by atoms with Crippen LogP contribution in [0.15, 0.2) is 30.3 Å². The standard InChI is InChI=1S/C15H22N2O2/c16-11-15(8-4-5-9-15)14(19)17-13(10-18)12-6-2-1-3-7-12/h1-3,6-7,13,18H,4-5,8-11,16H2,(H,17,19). The summed E-state index contributed by atoms with van der Waals surface area (Å²) < 4.78 is 0. The molecule has 0 aliphatic heterocycles. The molecule has 1 unspecified atom stereocenters. The fourth-order valence-electron chi connectivity index (χ4n) is 2.81. The lowest BCUT2D eigenvalue weighted by Gasteiger charge is -2.28. The van der Waals surface area contributed by atoms with Crippen LogP contribution >= 0.6 is 0 Å². The molecule has 0 saturated heterocycles. The average molecular weight is 262 g/mol. The van der Waals surface area contributed by atoms with Crippen molar-refractivity contribution in [2.75, 3.05) is 13.2 Å². The van der Waals surface area contributed by atoms with E-state index >= 15 is 0 Å². The molecule has 4 N–H and O–H groups in total. The lowest BCUT2D eigenvalue weighted by Crippen LogP contribution is -2.46. The summed E-state index contributed by atoms with van der Waals surface area (Å²) in [7, 11) is 0. The van der Waals surface area contributed by atoms with Crippen LogP contribution in [-0.4, -0.2) is 24.2 Å². The van der Waals surface area contributed by atoms with E-state index in [1.807, 2.05) is 30.3 Å². The number of nitrogens with two attached hydrogens (primary N) is 1. The van der Waals surface area contributed by atoms with Crippen LogP contribution in [0.1, 0.15) is 37.3 Å². The lowest BCUT2D eigenvalue weighted by molar-refractivity contribution is -0.131. The highest BCUT2D eigenvalue weighted by molar-refractivity contribution is 5.83. The van der Waals surface area contributed by atoms with Gasteiger partial charge in [-0.1, -0.05) is 43.2 Å². The Balaban J connectivity index is 2.08. The Morgan fingerprint density at radius 1 is 1.32 bits per heavy atom. The molecule has 0 aromatic heterocycles. The molecular formula is C15H22N2O2. The fraction of sp³-hybridized carbons (Fsp3) is 0.533. The molecule has 1 fully saturated rings. The van der Waals surface area contributed by atoms with Crippen molar-refractivity contribution in [3.63, 3.8) is 0 Å². The molecule has 1 aliphatic carbocycles. The third-order valence-corrected chi connectivity index (χ3v) is 4.12. The number of carbonyl (C=O) groups excluding carboxylic acids is 1. The molecule has 1 aromatic carbocycles. The van der Waals surface area contributed by atoms with Gasteiger partial charge in [0.05, 0.1) is 18.1 Å². The molecule has 1 aromatic rings. The SMILES string of the molecule is NCC1(C(=O)NC(CO)c2ccccc2)CCCC1. The van der Waals surface area contributed by atoms with Gasteiger partial charge in [-0.05, 0) is 18.4 Å². The van der Waals surface area contributed by atoms with Gasteiger partial charge >= 0.3 is 0 Å². The van der Waals surface area contributed by atoms with Crippen molar-refractivity contribution in [2.45, 2.75) is 31.7 Å². The van der Waals surface area contributed by atoms with Crippen LogP contribution in [-0.2, 0) is 4.79 Å². The first kappa shape index (κ1) is 14.0. The number of hydrogen-bond acceptors (Lipinski definition) is 3. The molecule has 0 bridgehead atoms. The predicted molar refractivity (Wildman–Crippen MR) is 74.4 cm³/mol. The molecule has 0 radical (unpaired) electrons. The van der Waals surface area contributed by atoms with Gasteiger partial charge in [0.25, 0.3) is 0 Å². The zero-order valence-corrected chi connectivity index (χ0v) is 11.1. The van der Waals surface area contributed by atoms with Crippen LogP contribution in [0.4, 0.5) is 0 Å². The van der Waals surface area contributed by atoms with Gasteiger partial charge in [0.1, 0.15) is 0 Å². The number of carbonyl (C=O) groups is 1. The fourth-order valence-corrected chi connectivity index (χ4v) is 2.81. The molecule has 1 amide bonds. The zero-order chi connectivity index (χ0) is 13.7. The average Bonchev–Trinajstić information content (AvgIpc) is 2.95. The van der Waals surface area contributed by atoms with Crippen LogP contribution in [0.25, 0.3) is 0 Å². The van der Waals surface area contributed by atoms with Gasteiger partial charge in [-0.25, -0.2) is 0 Å². The summed E-state index contributed by atoms with van der Waals surface area (Å²) >= 11 is 0. The first-order valence-electron chi connectivity index (χ1n) is 6.89. The Morgan fingerprint density at radius 3 is 2.47 bits per heavy atom. The van der Waals surface area contributed by atoms with Gasteiger partial charge in [0.2, 0.25) is 5.91 Å². The van der Waals surface area contributed by atoms with Gasteiger partial charge in [-0.15, -0.1) is 0 Å². The Bertz CT molecular complexity index is 413. The second-order valence-electron chi connectivity index (χ2n) is 5.31. The number of aliphatic hydroxyl groups excluding tert-OH is 1. The second kappa shape index (κ2) is 6.17. The van der Waals surface area contributed by atoms with Crippen LogP contribution < -0.4 is 11.1 Å². The minimum absolute atomic E-state index is 0.0181. The van der Waals surface area contributed by atoms with Crippen LogP contribution in [0.5, 0.6) is 0 Å². The van der Waals surface area contributed by atoms with E-state index in [1.165, 1.54) is 0 Å². The maximum Gasteiger partial charge on any atom is 0.228 e. The zero-order valence-electron chi connectivity index (χ0n) is 11.1. The van der Waals surface area contributed by atoms with Crippen molar-refractivity contribution in [3.8, 4) is 0 Å². The molecule has 0 spiro atoms. The van der Waals surface area contributed by atoms with Gasteiger partial charge in [0, 0.05) is 6.54 Å². The molecule has 4 nitrogen and oxygen atoms in total. The Hall–Kier alpha value is -1.39. The van der Waals surface area contributed by atoms with Crippen LogP contribution in [0.3, 0.4) is 0 Å². The number of nitrogens with one attached hydrogen (secondary N) is 1. The highest BCUT2D eigenvalue weighted by Gasteiger charge is 2.40. The second-order valence-corrected chi connectivity index (χ2v) is 5.31. The maximum atomic E-state index is 12.4. The summed E-state index contributed by atoms with van der Waals surface area (Å²) in [6.45, 7) is 0.280. The van der Waals surface area contributed by atoms with Crippen molar-refractivity contribution >= 4 is 5.91 Å². The van der Waals surface area contributed by atoms with E-state index in [0.717, 1.165) is 31.2 Å². The molecule has 4 heteroatoms. The smallest absolute Gasteiger partial charge is 0.228 e. The summed E-state index contributed by atoms with van der Waals surface area (Å²) in [4.78, 5) is 12.4. The van der Waals surface area contributed by atoms with E-state index < -0.39 is 5.41 Å². The largest absolute Gasteiger partial charge is 0.394 e. The van der Waals surface area contributed by atoms with E-state index in [1.54, 1.807) is 0 Å². The number of hydrogen-bond donors (Lipinski definition) is 3. The molecule has 1 saturated carbocycles. The number of rotatable bonds is 5. The molecule has 104 valence electrons. The molecule has 1 atom stereocenters. The number of benzene rings is 1.